The largest absolute Gasteiger partial charge is 0.508 e. The van der Waals surface area contributed by atoms with E-state index in [-0.39, 0.29) is 24.3 Å². The maximum absolute atomic E-state index is 9.90. The van der Waals surface area contributed by atoms with Crippen molar-refractivity contribution >= 4 is 23.2 Å². The van der Waals surface area contributed by atoms with E-state index in [9.17, 15) is 5.11 Å². The number of hydrogen-bond acceptors (Lipinski definition) is 3. The molecule has 3 N–H and O–H groups in total. The van der Waals surface area contributed by atoms with Crippen LogP contribution in [0.5, 0.6) is 5.75 Å². The van der Waals surface area contributed by atoms with Crippen LogP contribution < -0.4 is 5.32 Å². The highest BCUT2D eigenvalue weighted by Crippen LogP contribution is 2.38. The number of nitrogens with one attached hydrogen (secondary N) is 1. The number of aliphatic hydroxyl groups is 1. The van der Waals surface area contributed by atoms with Gasteiger partial charge in [0.2, 0.25) is 0 Å². The molecule has 1 saturated heterocycles. The van der Waals surface area contributed by atoms with Gasteiger partial charge in [-0.2, -0.15) is 0 Å². The second-order valence-electron chi connectivity index (χ2n) is 4.38. The summed E-state index contributed by atoms with van der Waals surface area (Å²) in [6, 6.07) is 3.29. The Hall–Kier alpha value is -0.480. The van der Waals surface area contributed by atoms with Gasteiger partial charge in [-0.05, 0) is 36.9 Å². The van der Waals surface area contributed by atoms with E-state index in [1.54, 1.807) is 6.07 Å². The van der Waals surface area contributed by atoms with Crippen LogP contribution in [-0.2, 0) is 0 Å². The van der Waals surface area contributed by atoms with Crippen molar-refractivity contribution in [2.45, 2.75) is 24.8 Å². The number of piperidine rings is 1. The van der Waals surface area contributed by atoms with Crippen molar-refractivity contribution < 1.29 is 10.2 Å². The van der Waals surface area contributed by atoms with Gasteiger partial charge in [-0.15, -0.1) is 0 Å². The molecule has 1 aromatic carbocycles. The zero-order valence-corrected chi connectivity index (χ0v) is 10.8. The Bertz CT molecular complexity index is 412. The van der Waals surface area contributed by atoms with Gasteiger partial charge in [0.1, 0.15) is 5.75 Å². The molecule has 3 nitrogen and oxygen atoms in total. The molecule has 0 saturated carbocycles. The summed E-state index contributed by atoms with van der Waals surface area (Å²) in [6.45, 7) is 0.939. The van der Waals surface area contributed by atoms with Gasteiger partial charge >= 0.3 is 0 Å². The molecule has 1 aromatic rings. The highest BCUT2D eigenvalue weighted by molar-refractivity contribution is 6.42. The lowest BCUT2D eigenvalue weighted by molar-refractivity contribution is 0.209. The Morgan fingerprint density at radius 1 is 1.29 bits per heavy atom. The predicted molar refractivity (Wildman–Crippen MR) is 69.0 cm³/mol. The normalized spacial score (nSPS) is 24.9. The van der Waals surface area contributed by atoms with Crippen molar-refractivity contribution in [3.8, 4) is 5.75 Å². The van der Waals surface area contributed by atoms with Crippen LogP contribution in [-0.4, -0.2) is 29.4 Å². The zero-order chi connectivity index (χ0) is 12.4. The molecule has 1 fully saturated rings. The lowest BCUT2D eigenvalue weighted by Crippen LogP contribution is -2.39. The fraction of sp³-hybridized carbons (Fsp3) is 0.500. The smallest absolute Gasteiger partial charge is 0.120 e. The summed E-state index contributed by atoms with van der Waals surface area (Å²) in [5.41, 5.74) is 0.819. The highest BCUT2D eigenvalue weighted by Gasteiger charge is 2.24. The van der Waals surface area contributed by atoms with Crippen LogP contribution in [0, 0.1) is 0 Å². The van der Waals surface area contributed by atoms with Crippen molar-refractivity contribution in [1.82, 2.24) is 5.32 Å². The minimum Gasteiger partial charge on any atom is -0.508 e. The minimum absolute atomic E-state index is 0.0857. The van der Waals surface area contributed by atoms with Crippen LogP contribution in [0.25, 0.3) is 0 Å². The molecule has 0 amide bonds. The summed E-state index contributed by atoms with van der Waals surface area (Å²) >= 11 is 11.8. The van der Waals surface area contributed by atoms with Gasteiger partial charge in [0.25, 0.3) is 0 Å². The van der Waals surface area contributed by atoms with Crippen LogP contribution in [0.2, 0.25) is 10.0 Å². The maximum Gasteiger partial charge on any atom is 0.120 e. The Morgan fingerprint density at radius 3 is 2.71 bits per heavy atom. The van der Waals surface area contributed by atoms with Gasteiger partial charge < -0.3 is 15.5 Å². The Kier molecular flexibility index (Phi) is 4.15. The van der Waals surface area contributed by atoms with E-state index in [0.29, 0.717) is 10.0 Å². The second-order valence-corrected chi connectivity index (χ2v) is 5.19. The third kappa shape index (κ3) is 2.86. The van der Waals surface area contributed by atoms with Gasteiger partial charge in [-0.1, -0.05) is 23.2 Å². The van der Waals surface area contributed by atoms with Gasteiger partial charge in [0.05, 0.1) is 16.7 Å². The van der Waals surface area contributed by atoms with E-state index >= 15 is 0 Å². The number of aromatic hydroxyl groups is 1. The monoisotopic (exact) mass is 275 g/mol. The third-order valence-electron chi connectivity index (χ3n) is 3.22. The second kappa shape index (κ2) is 5.44. The molecule has 0 radical (unpaired) electrons. The molecule has 1 heterocycles. The van der Waals surface area contributed by atoms with E-state index in [1.807, 2.05) is 0 Å². The van der Waals surface area contributed by atoms with E-state index < -0.39 is 0 Å². The fourth-order valence-electron chi connectivity index (χ4n) is 2.31. The van der Waals surface area contributed by atoms with Gasteiger partial charge in [-0.25, -0.2) is 0 Å². The predicted octanol–water partition coefficient (Wildman–Crippen LogP) is 2.53. The van der Waals surface area contributed by atoms with Crippen molar-refractivity contribution in [1.29, 1.82) is 0 Å². The average Bonchev–Trinajstić information content (AvgIpc) is 2.34. The summed E-state index contributed by atoms with van der Waals surface area (Å²) in [5, 5.41) is 23.1. The van der Waals surface area contributed by atoms with Crippen molar-refractivity contribution in [3.63, 3.8) is 0 Å². The number of benzene rings is 1. The maximum atomic E-state index is 9.90. The van der Waals surface area contributed by atoms with Crippen LogP contribution in [0.1, 0.15) is 24.3 Å². The molecule has 1 aliphatic heterocycles. The van der Waals surface area contributed by atoms with E-state index in [0.717, 1.165) is 24.9 Å². The number of aliphatic hydroxyl groups excluding tert-OH is 1. The van der Waals surface area contributed by atoms with Crippen molar-refractivity contribution in [3.05, 3.63) is 27.7 Å². The first-order valence-electron chi connectivity index (χ1n) is 5.64. The number of rotatable bonds is 2. The van der Waals surface area contributed by atoms with E-state index in [4.69, 9.17) is 28.3 Å². The van der Waals surface area contributed by atoms with E-state index in [1.165, 1.54) is 6.07 Å². The van der Waals surface area contributed by atoms with Crippen LogP contribution in [0.3, 0.4) is 0 Å². The Morgan fingerprint density at radius 2 is 2.00 bits per heavy atom. The summed E-state index contributed by atoms with van der Waals surface area (Å²) in [4.78, 5) is 0. The first kappa shape index (κ1) is 13.0. The number of phenols is 1. The molecule has 2 atom stereocenters. The lowest BCUT2D eigenvalue weighted by Gasteiger charge is -2.30. The summed E-state index contributed by atoms with van der Waals surface area (Å²) in [5.74, 6) is 0.395. The molecule has 0 bridgehead atoms. The molecule has 0 aromatic heterocycles. The third-order valence-corrected chi connectivity index (χ3v) is 3.95. The number of halogens is 2. The summed E-state index contributed by atoms with van der Waals surface area (Å²) in [6.07, 6.45) is 1.71. The van der Waals surface area contributed by atoms with Gasteiger partial charge in [0.15, 0.2) is 0 Å². The summed E-state index contributed by atoms with van der Waals surface area (Å²) in [7, 11) is 0. The molecule has 5 heteroatoms. The average molecular weight is 276 g/mol. The SMILES string of the molecule is OC[C@H]1C[C@@H](c2cc(Cl)c(Cl)cc2O)CCN1. The van der Waals surface area contributed by atoms with Crippen LogP contribution >= 0.6 is 23.2 Å². The minimum atomic E-state index is 0.0857. The number of phenolic OH excluding ortho intramolecular Hbond substituents is 1. The van der Waals surface area contributed by atoms with Crippen LogP contribution in [0.4, 0.5) is 0 Å². The molecule has 1 aliphatic rings. The standard InChI is InChI=1S/C12H15Cl2NO2/c13-10-4-9(12(17)5-11(10)14)7-1-2-15-8(3-7)6-16/h4-5,7-8,15-17H,1-3,6H2/t7-,8+/m0/s1. The summed E-state index contributed by atoms with van der Waals surface area (Å²) < 4.78 is 0. The van der Waals surface area contributed by atoms with Crippen molar-refractivity contribution in [2.75, 3.05) is 13.2 Å². The topological polar surface area (TPSA) is 52.5 Å². The lowest BCUT2D eigenvalue weighted by atomic mass is 9.86. The van der Waals surface area contributed by atoms with Crippen molar-refractivity contribution in [2.24, 2.45) is 0 Å². The highest BCUT2D eigenvalue weighted by atomic mass is 35.5. The molecule has 0 aliphatic carbocycles. The van der Waals surface area contributed by atoms with Gasteiger partial charge in [0, 0.05) is 12.1 Å². The Balaban J connectivity index is 2.24. The van der Waals surface area contributed by atoms with Gasteiger partial charge in [-0.3, -0.25) is 0 Å². The number of hydrogen-bond donors (Lipinski definition) is 3. The molecular weight excluding hydrogens is 261 g/mol. The first-order valence-corrected chi connectivity index (χ1v) is 6.39. The zero-order valence-electron chi connectivity index (χ0n) is 9.29. The van der Waals surface area contributed by atoms with E-state index in [2.05, 4.69) is 5.32 Å². The molecule has 0 spiro atoms. The molecule has 94 valence electrons. The molecule has 2 rings (SSSR count). The van der Waals surface area contributed by atoms with Crippen LogP contribution in [0.15, 0.2) is 12.1 Å². The molecule has 17 heavy (non-hydrogen) atoms. The Labute approximate surface area is 110 Å². The fourth-order valence-corrected chi connectivity index (χ4v) is 2.64. The quantitative estimate of drug-likeness (QED) is 0.778. The molecular formula is C12H15Cl2NO2. The molecule has 0 unspecified atom stereocenters. The first-order chi connectivity index (χ1) is 8.11.